The van der Waals surface area contributed by atoms with Gasteiger partial charge >= 0.3 is 0 Å². The summed E-state index contributed by atoms with van der Waals surface area (Å²) >= 11 is 0. The van der Waals surface area contributed by atoms with Crippen LogP contribution in [0, 0.1) is 0 Å². The maximum Gasteiger partial charge on any atom is 0 e. The van der Waals surface area contributed by atoms with E-state index in [2.05, 4.69) is 0 Å². The van der Waals surface area contributed by atoms with Crippen LogP contribution in [0.25, 0.3) is 0 Å². The van der Waals surface area contributed by atoms with Crippen LogP contribution in [0.2, 0.25) is 0 Å². The Morgan fingerprint density at radius 1 is 0.571 bits per heavy atom. The van der Waals surface area contributed by atoms with Crippen LogP contribution in [-0.2, 0) is 55.6 Å². The van der Waals surface area contributed by atoms with Gasteiger partial charge in [0.2, 0.25) is 0 Å². The average molecular weight is 231 g/mol. The predicted octanol–water partition coefficient (Wildman–Crippen LogP) is -3.31. The Balaban J connectivity index is 0. The van der Waals surface area contributed by atoms with Gasteiger partial charge in [0.25, 0.3) is 0 Å². The second-order valence-electron chi connectivity index (χ2n) is 0. The summed E-state index contributed by atoms with van der Waals surface area (Å²) in [7, 11) is 0. The minimum atomic E-state index is 0. The molecule has 0 heterocycles. The summed E-state index contributed by atoms with van der Waals surface area (Å²) in [4.78, 5) is 0. The first-order valence-electron chi connectivity index (χ1n) is 0. The average Bonchev–Trinajstić information content (AvgIpc) is 0. The van der Waals surface area contributed by atoms with E-state index in [1.165, 1.54) is 0 Å². The molecule has 0 atom stereocenters. The topological polar surface area (TPSA) is 126 Å². The SMILES string of the molecule is O.O.O.O.[Cr].[Ni].[Ti]. The van der Waals surface area contributed by atoms with E-state index in [0.717, 1.165) is 0 Å². The molecule has 52 valence electrons. The van der Waals surface area contributed by atoms with Crippen LogP contribution in [0.5, 0.6) is 0 Å². The van der Waals surface area contributed by atoms with E-state index in [-0.39, 0.29) is 77.5 Å². The van der Waals surface area contributed by atoms with Gasteiger partial charge in [0.1, 0.15) is 0 Å². The standard InChI is InChI=1S/Cr.Ni.4H2O.Ti/h;;4*1H2;. The molecule has 0 aliphatic rings. The summed E-state index contributed by atoms with van der Waals surface area (Å²) in [6.07, 6.45) is 0. The minimum Gasteiger partial charge on any atom is -0.412 e. The van der Waals surface area contributed by atoms with Crippen molar-refractivity contribution in [3.63, 3.8) is 0 Å². The van der Waals surface area contributed by atoms with Crippen molar-refractivity contribution in [3.8, 4) is 0 Å². The van der Waals surface area contributed by atoms with Gasteiger partial charge in [-0.25, -0.2) is 0 Å². The first kappa shape index (κ1) is 197. The van der Waals surface area contributed by atoms with E-state index in [9.17, 15) is 0 Å². The molecule has 0 aromatic carbocycles. The molecule has 0 radical (unpaired) electrons. The van der Waals surface area contributed by atoms with E-state index in [4.69, 9.17) is 0 Å². The van der Waals surface area contributed by atoms with Crippen molar-refractivity contribution in [1.29, 1.82) is 0 Å². The van der Waals surface area contributed by atoms with Gasteiger partial charge in [-0.3, -0.25) is 0 Å². The Labute approximate surface area is 77.2 Å². The molecule has 0 unspecified atom stereocenters. The van der Waals surface area contributed by atoms with Gasteiger partial charge in [0, 0.05) is 55.6 Å². The van der Waals surface area contributed by atoms with E-state index in [1.807, 2.05) is 0 Å². The summed E-state index contributed by atoms with van der Waals surface area (Å²) < 4.78 is 0. The quantitative estimate of drug-likeness (QED) is 0.387. The normalized spacial score (nSPS) is 0. The van der Waals surface area contributed by atoms with Crippen LogP contribution < -0.4 is 0 Å². The van der Waals surface area contributed by atoms with Crippen LogP contribution >= 0.6 is 0 Å². The maximum absolute atomic E-state index is 0. The van der Waals surface area contributed by atoms with Crippen molar-refractivity contribution in [1.82, 2.24) is 0 Å². The van der Waals surface area contributed by atoms with Gasteiger partial charge < -0.3 is 21.9 Å². The van der Waals surface area contributed by atoms with Gasteiger partial charge in [0.05, 0.1) is 0 Å². The third-order valence-corrected chi connectivity index (χ3v) is 0. The zero-order chi connectivity index (χ0) is 0. The minimum absolute atomic E-state index is 0. The van der Waals surface area contributed by atoms with Crippen molar-refractivity contribution in [3.05, 3.63) is 0 Å². The summed E-state index contributed by atoms with van der Waals surface area (Å²) in [5.74, 6) is 0. The fourth-order valence-electron chi connectivity index (χ4n) is 0. The van der Waals surface area contributed by atoms with Gasteiger partial charge in [-0.1, -0.05) is 0 Å². The Kier molecular flexibility index (Phi) is 3710. The Morgan fingerprint density at radius 2 is 0.571 bits per heavy atom. The smallest absolute Gasteiger partial charge is 0 e. The molecule has 0 fully saturated rings. The Hall–Kier alpha value is 1.58. The van der Waals surface area contributed by atoms with Crippen molar-refractivity contribution >= 4 is 0 Å². The van der Waals surface area contributed by atoms with Crippen LogP contribution in [0.15, 0.2) is 0 Å². The zero-order valence-corrected chi connectivity index (χ0v) is 7.05. The first-order chi connectivity index (χ1) is 0. The van der Waals surface area contributed by atoms with Crippen LogP contribution in [0.1, 0.15) is 0 Å². The largest absolute Gasteiger partial charge is 0.412 e. The second-order valence-corrected chi connectivity index (χ2v) is 0. The van der Waals surface area contributed by atoms with Gasteiger partial charge in [-0.15, -0.1) is 0 Å². The second kappa shape index (κ2) is 131. The Morgan fingerprint density at radius 3 is 0.571 bits per heavy atom. The molecule has 4 nitrogen and oxygen atoms in total. The molecule has 0 aromatic heterocycles. The number of hydrogen-bond acceptors (Lipinski definition) is 0. The third-order valence-electron chi connectivity index (χ3n) is 0. The number of rotatable bonds is 0. The van der Waals surface area contributed by atoms with Gasteiger partial charge in [-0.05, 0) is 0 Å². The number of hydrogen-bond donors (Lipinski definition) is 0. The molecule has 8 N–H and O–H groups in total. The molecule has 0 aromatic rings. The van der Waals surface area contributed by atoms with Crippen LogP contribution in [0.3, 0.4) is 0 Å². The molecular weight excluding hydrogens is 223 g/mol. The van der Waals surface area contributed by atoms with E-state index in [0.29, 0.717) is 0 Å². The summed E-state index contributed by atoms with van der Waals surface area (Å²) in [5, 5.41) is 0. The van der Waals surface area contributed by atoms with Crippen LogP contribution in [-0.4, -0.2) is 21.9 Å². The van der Waals surface area contributed by atoms with Crippen molar-refractivity contribution in [2.75, 3.05) is 0 Å². The van der Waals surface area contributed by atoms with Crippen molar-refractivity contribution in [2.24, 2.45) is 0 Å². The maximum atomic E-state index is 0. The molecule has 0 bridgehead atoms. The zero-order valence-electron chi connectivity index (χ0n) is 3.22. The van der Waals surface area contributed by atoms with Crippen molar-refractivity contribution in [2.45, 2.75) is 0 Å². The van der Waals surface area contributed by atoms with Crippen molar-refractivity contribution < 1.29 is 77.5 Å². The molecule has 0 saturated heterocycles. The molecule has 0 aliphatic heterocycles. The molecule has 0 rings (SSSR count). The van der Waals surface area contributed by atoms with E-state index in [1.54, 1.807) is 0 Å². The van der Waals surface area contributed by atoms with Gasteiger partial charge in [0.15, 0.2) is 0 Å². The summed E-state index contributed by atoms with van der Waals surface area (Å²) in [6, 6.07) is 0. The molecule has 0 amide bonds. The molecular formula is H8CrNiO4Ti. The van der Waals surface area contributed by atoms with E-state index >= 15 is 0 Å². The summed E-state index contributed by atoms with van der Waals surface area (Å²) in [5.41, 5.74) is 0. The third kappa shape index (κ3) is 94.5. The fraction of sp³-hybridized carbons (Fsp3) is 0. The summed E-state index contributed by atoms with van der Waals surface area (Å²) in [6.45, 7) is 0. The van der Waals surface area contributed by atoms with Crippen LogP contribution in [0.4, 0.5) is 0 Å². The fourth-order valence-corrected chi connectivity index (χ4v) is 0. The molecule has 0 spiro atoms. The first-order valence-corrected chi connectivity index (χ1v) is 0. The molecule has 0 aliphatic carbocycles. The van der Waals surface area contributed by atoms with E-state index < -0.39 is 0 Å². The molecule has 7 heavy (non-hydrogen) atoms. The monoisotopic (exact) mass is 230 g/mol. The van der Waals surface area contributed by atoms with Gasteiger partial charge in [-0.2, -0.15) is 0 Å². The molecule has 0 saturated carbocycles. The Bertz CT molecular complexity index is 11.7. The molecule has 7 heteroatoms. The predicted molar refractivity (Wildman–Crippen MR) is 14.5 cm³/mol.